The van der Waals surface area contributed by atoms with Crippen LogP contribution in [0.3, 0.4) is 0 Å². The van der Waals surface area contributed by atoms with Crippen LogP contribution in [0.2, 0.25) is 0 Å². The van der Waals surface area contributed by atoms with Gasteiger partial charge in [0.15, 0.2) is 0 Å². The maximum absolute atomic E-state index is 6.04. The number of hydrogen-bond acceptors (Lipinski definition) is 1. The van der Waals surface area contributed by atoms with E-state index in [9.17, 15) is 0 Å². The number of aryl methyl sites for hydroxylation is 2. The fraction of sp³-hybridized carbons (Fsp3) is 0.571. The quantitative estimate of drug-likeness (QED) is 0.802. The van der Waals surface area contributed by atoms with E-state index >= 15 is 0 Å². The summed E-state index contributed by atoms with van der Waals surface area (Å²) in [5, 5.41) is 0. The summed E-state index contributed by atoms with van der Waals surface area (Å²) in [5.74, 6) is 0.566. The monoisotopic (exact) mass is 205 g/mol. The molecule has 15 heavy (non-hydrogen) atoms. The third-order valence-electron chi connectivity index (χ3n) is 3.04. The predicted octanol–water partition coefficient (Wildman–Crippen LogP) is 3.22. The molecule has 0 saturated heterocycles. The molecule has 1 aromatic rings. The van der Waals surface area contributed by atoms with Gasteiger partial charge in [0, 0.05) is 6.04 Å². The van der Waals surface area contributed by atoms with Gasteiger partial charge in [0.05, 0.1) is 0 Å². The molecule has 84 valence electrons. The van der Waals surface area contributed by atoms with Gasteiger partial charge in [-0.25, -0.2) is 0 Å². The van der Waals surface area contributed by atoms with Gasteiger partial charge in [-0.1, -0.05) is 43.2 Å². The number of hydrogen-bond donors (Lipinski definition) is 1. The number of benzene rings is 1. The van der Waals surface area contributed by atoms with Crippen LogP contribution < -0.4 is 5.73 Å². The Morgan fingerprint density at radius 2 is 1.67 bits per heavy atom. The van der Waals surface area contributed by atoms with Gasteiger partial charge < -0.3 is 5.73 Å². The minimum Gasteiger partial charge on any atom is -0.327 e. The van der Waals surface area contributed by atoms with Crippen LogP contribution in [0.15, 0.2) is 18.2 Å². The van der Waals surface area contributed by atoms with E-state index in [-0.39, 0.29) is 0 Å². The van der Waals surface area contributed by atoms with Gasteiger partial charge >= 0.3 is 0 Å². The number of rotatable bonds is 4. The molecule has 2 unspecified atom stereocenters. The van der Waals surface area contributed by atoms with Crippen molar-refractivity contribution in [1.29, 1.82) is 0 Å². The molecule has 1 heteroatoms. The fourth-order valence-corrected chi connectivity index (χ4v) is 2.11. The van der Waals surface area contributed by atoms with E-state index in [4.69, 9.17) is 5.73 Å². The van der Waals surface area contributed by atoms with Gasteiger partial charge in [-0.15, -0.1) is 0 Å². The van der Waals surface area contributed by atoms with E-state index in [0.29, 0.717) is 12.0 Å². The third kappa shape index (κ3) is 3.67. The predicted molar refractivity (Wildman–Crippen MR) is 67.1 cm³/mol. The molecule has 0 aliphatic heterocycles. The first-order valence-corrected chi connectivity index (χ1v) is 5.85. The molecular formula is C14H23N. The van der Waals surface area contributed by atoms with E-state index in [1.54, 1.807) is 0 Å². The first-order chi connectivity index (χ1) is 7.02. The van der Waals surface area contributed by atoms with Crippen molar-refractivity contribution >= 4 is 0 Å². The summed E-state index contributed by atoms with van der Waals surface area (Å²) >= 11 is 0. The molecule has 0 fully saturated rings. The van der Waals surface area contributed by atoms with Crippen molar-refractivity contribution < 1.29 is 0 Å². The van der Waals surface area contributed by atoms with Crippen LogP contribution >= 0.6 is 0 Å². The van der Waals surface area contributed by atoms with Crippen LogP contribution in [0.5, 0.6) is 0 Å². The summed E-state index contributed by atoms with van der Waals surface area (Å²) < 4.78 is 0. The highest BCUT2D eigenvalue weighted by Crippen LogP contribution is 2.16. The molecule has 2 N–H and O–H groups in total. The maximum Gasteiger partial charge on any atom is 0.00650 e. The highest BCUT2D eigenvalue weighted by atomic mass is 14.6. The lowest BCUT2D eigenvalue weighted by Crippen LogP contribution is -2.28. The smallest absolute Gasteiger partial charge is 0.00650 e. The van der Waals surface area contributed by atoms with Gasteiger partial charge in [0.1, 0.15) is 0 Å². The molecule has 0 aliphatic carbocycles. The lowest BCUT2D eigenvalue weighted by Gasteiger charge is -2.18. The molecule has 0 aliphatic rings. The van der Waals surface area contributed by atoms with Crippen LogP contribution in [-0.2, 0) is 6.42 Å². The van der Waals surface area contributed by atoms with Gasteiger partial charge in [-0.2, -0.15) is 0 Å². The average Bonchev–Trinajstić information content (AvgIpc) is 2.14. The first-order valence-electron chi connectivity index (χ1n) is 5.85. The second-order valence-corrected chi connectivity index (χ2v) is 4.75. The molecule has 2 atom stereocenters. The first kappa shape index (κ1) is 12.3. The maximum atomic E-state index is 6.04. The fourth-order valence-electron chi connectivity index (χ4n) is 2.11. The van der Waals surface area contributed by atoms with Crippen LogP contribution in [0.25, 0.3) is 0 Å². The van der Waals surface area contributed by atoms with Crippen molar-refractivity contribution in [3.8, 4) is 0 Å². The summed E-state index contributed by atoms with van der Waals surface area (Å²) in [7, 11) is 0. The molecule has 0 heterocycles. The Morgan fingerprint density at radius 3 is 2.13 bits per heavy atom. The van der Waals surface area contributed by atoms with Crippen molar-refractivity contribution in [2.24, 2.45) is 11.7 Å². The Bertz CT molecular complexity index is 297. The third-order valence-corrected chi connectivity index (χ3v) is 3.04. The van der Waals surface area contributed by atoms with Gasteiger partial charge in [-0.3, -0.25) is 0 Å². The SMILES string of the molecule is CCC(N)C(C)Cc1cc(C)cc(C)c1. The Morgan fingerprint density at radius 1 is 1.13 bits per heavy atom. The summed E-state index contributed by atoms with van der Waals surface area (Å²) in [6.07, 6.45) is 2.16. The summed E-state index contributed by atoms with van der Waals surface area (Å²) in [6.45, 7) is 8.70. The molecule has 1 nitrogen and oxygen atoms in total. The van der Waals surface area contributed by atoms with Crippen molar-refractivity contribution in [2.45, 2.75) is 46.6 Å². The van der Waals surface area contributed by atoms with Crippen LogP contribution in [0.1, 0.15) is 37.0 Å². The van der Waals surface area contributed by atoms with Crippen molar-refractivity contribution in [2.75, 3.05) is 0 Å². The van der Waals surface area contributed by atoms with E-state index in [1.807, 2.05) is 0 Å². The lowest BCUT2D eigenvalue weighted by molar-refractivity contribution is 0.442. The minimum absolute atomic E-state index is 0.325. The zero-order valence-electron chi connectivity index (χ0n) is 10.4. The molecule has 0 spiro atoms. The van der Waals surface area contributed by atoms with Crippen LogP contribution in [0, 0.1) is 19.8 Å². The van der Waals surface area contributed by atoms with Gasteiger partial charge in [-0.05, 0) is 38.2 Å². The molecule has 1 rings (SSSR count). The van der Waals surface area contributed by atoms with Crippen molar-refractivity contribution in [1.82, 2.24) is 0 Å². The molecular weight excluding hydrogens is 182 g/mol. The van der Waals surface area contributed by atoms with Crippen LogP contribution in [0.4, 0.5) is 0 Å². The molecule has 0 bridgehead atoms. The largest absolute Gasteiger partial charge is 0.327 e. The molecule has 0 saturated carbocycles. The highest BCUT2D eigenvalue weighted by Gasteiger charge is 2.11. The Hall–Kier alpha value is -0.820. The van der Waals surface area contributed by atoms with Gasteiger partial charge in [0.25, 0.3) is 0 Å². The zero-order chi connectivity index (χ0) is 11.4. The Labute approximate surface area is 93.7 Å². The molecule has 1 aromatic carbocycles. The highest BCUT2D eigenvalue weighted by molar-refractivity contribution is 5.28. The Kier molecular flexibility index (Phi) is 4.34. The normalized spacial score (nSPS) is 15.0. The minimum atomic E-state index is 0.325. The van der Waals surface area contributed by atoms with Crippen molar-refractivity contribution in [3.63, 3.8) is 0 Å². The molecule has 0 aromatic heterocycles. The van der Waals surface area contributed by atoms with E-state index in [0.717, 1.165) is 12.8 Å². The molecule has 0 radical (unpaired) electrons. The second kappa shape index (κ2) is 5.32. The Balaban J connectivity index is 2.72. The van der Waals surface area contributed by atoms with E-state index < -0.39 is 0 Å². The van der Waals surface area contributed by atoms with Crippen LogP contribution in [-0.4, -0.2) is 6.04 Å². The topological polar surface area (TPSA) is 26.0 Å². The van der Waals surface area contributed by atoms with E-state index in [2.05, 4.69) is 45.9 Å². The average molecular weight is 205 g/mol. The summed E-state index contributed by atoms with van der Waals surface area (Å²) in [4.78, 5) is 0. The van der Waals surface area contributed by atoms with Crippen molar-refractivity contribution in [3.05, 3.63) is 34.9 Å². The summed E-state index contributed by atoms with van der Waals surface area (Å²) in [5.41, 5.74) is 10.2. The standard InChI is InChI=1S/C14H23N/c1-5-14(15)12(4)9-13-7-10(2)6-11(3)8-13/h6-8,12,14H,5,9,15H2,1-4H3. The van der Waals surface area contributed by atoms with E-state index in [1.165, 1.54) is 16.7 Å². The van der Waals surface area contributed by atoms with Gasteiger partial charge in [0.2, 0.25) is 0 Å². The lowest BCUT2D eigenvalue weighted by atomic mass is 9.92. The molecule has 0 amide bonds. The summed E-state index contributed by atoms with van der Waals surface area (Å²) in [6, 6.07) is 7.08. The zero-order valence-corrected chi connectivity index (χ0v) is 10.4. The number of nitrogens with two attached hydrogens (primary N) is 1. The second-order valence-electron chi connectivity index (χ2n) is 4.75.